The van der Waals surface area contributed by atoms with Crippen LogP contribution in [-0.4, -0.2) is 25.5 Å². The van der Waals surface area contributed by atoms with E-state index in [0.29, 0.717) is 6.42 Å². The Balaban J connectivity index is 2.98. The Labute approximate surface area is 110 Å². The van der Waals surface area contributed by atoms with Crippen LogP contribution >= 0.6 is 0 Å². The van der Waals surface area contributed by atoms with Gasteiger partial charge in [0.25, 0.3) is 0 Å². The Morgan fingerprint density at radius 1 is 1.17 bits per heavy atom. The van der Waals surface area contributed by atoms with Gasteiger partial charge in [0, 0.05) is 12.3 Å². The predicted molar refractivity (Wildman–Crippen MR) is 76.5 cm³/mol. The van der Waals surface area contributed by atoms with Gasteiger partial charge < -0.3 is 5.73 Å². The van der Waals surface area contributed by atoms with Gasteiger partial charge in [0.15, 0.2) is 9.84 Å². The quantitative estimate of drug-likeness (QED) is 0.909. The Morgan fingerprint density at radius 2 is 1.61 bits per heavy atom. The highest BCUT2D eigenvalue weighted by Gasteiger charge is 2.36. The minimum absolute atomic E-state index is 0.409. The number of hydrogen-bond donors (Lipinski definition) is 1. The summed E-state index contributed by atoms with van der Waals surface area (Å²) in [5, 5.41) is 0. The molecule has 0 amide bonds. The molecule has 0 saturated carbocycles. The molecule has 0 heterocycles. The van der Waals surface area contributed by atoms with Crippen LogP contribution in [0, 0.1) is 13.8 Å². The van der Waals surface area contributed by atoms with Crippen LogP contribution in [0.15, 0.2) is 18.2 Å². The van der Waals surface area contributed by atoms with Crippen molar-refractivity contribution in [1.29, 1.82) is 0 Å². The average Bonchev–Trinajstić information content (AvgIpc) is 2.13. The van der Waals surface area contributed by atoms with Gasteiger partial charge in [-0.15, -0.1) is 0 Å². The molecule has 3 nitrogen and oxygen atoms in total. The molecule has 1 atom stereocenters. The van der Waals surface area contributed by atoms with Crippen molar-refractivity contribution < 1.29 is 8.42 Å². The van der Waals surface area contributed by atoms with Crippen LogP contribution in [0.4, 0.5) is 0 Å². The highest BCUT2D eigenvalue weighted by molar-refractivity contribution is 7.92. The summed E-state index contributed by atoms with van der Waals surface area (Å²) >= 11 is 0. The van der Waals surface area contributed by atoms with E-state index in [9.17, 15) is 8.42 Å². The van der Waals surface area contributed by atoms with Crippen LogP contribution < -0.4 is 5.73 Å². The molecule has 4 heteroatoms. The lowest BCUT2D eigenvalue weighted by Crippen LogP contribution is -2.49. The van der Waals surface area contributed by atoms with Crippen LogP contribution in [0.5, 0.6) is 0 Å². The zero-order chi connectivity index (χ0) is 14.1. The third-order valence-electron chi connectivity index (χ3n) is 3.59. The monoisotopic (exact) mass is 269 g/mol. The van der Waals surface area contributed by atoms with Gasteiger partial charge in [-0.1, -0.05) is 29.3 Å². The van der Waals surface area contributed by atoms with Gasteiger partial charge in [-0.05, 0) is 39.7 Å². The number of rotatable bonds is 4. The fourth-order valence-corrected chi connectivity index (χ4v) is 2.59. The lowest BCUT2D eigenvalue weighted by Gasteiger charge is -2.29. The molecule has 1 unspecified atom stereocenters. The van der Waals surface area contributed by atoms with Gasteiger partial charge >= 0.3 is 0 Å². The number of benzene rings is 1. The Kier molecular flexibility index (Phi) is 4.23. The van der Waals surface area contributed by atoms with Crippen LogP contribution in [0.3, 0.4) is 0 Å². The van der Waals surface area contributed by atoms with Crippen LogP contribution in [0.1, 0.15) is 30.5 Å². The largest absolute Gasteiger partial charge is 0.326 e. The molecule has 0 aliphatic heterocycles. The second-order valence-corrected chi connectivity index (χ2v) is 8.28. The van der Waals surface area contributed by atoms with E-state index in [-0.39, 0.29) is 0 Å². The number of hydrogen-bond acceptors (Lipinski definition) is 3. The van der Waals surface area contributed by atoms with E-state index in [4.69, 9.17) is 5.73 Å². The minimum Gasteiger partial charge on any atom is -0.326 e. The summed E-state index contributed by atoms with van der Waals surface area (Å²) in [6, 6.07) is 5.81. The van der Waals surface area contributed by atoms with E-state index < -0.39 is 20.6 Å². The molecule has 0 radical (unpaired) electrons. The molecule has 1 aromatic rings. The number of sulfone groups is 1. The molecule has 18 heavy (non-hydrogen) atoms. The van der Waals surface area contributed by atoms with Gasteiger partial charge in [0.2, 0.25) is 0 Å². The summed E-state index contributed by atoms with van der Waals surface area (Å²) in [5.74, 6) is 0. The number of aryl methyl sites for hydroxylation is 2. The van der Waals surface area contributed by atoms with Crippen molar-refractivity contribution in [1.82, 2.24) is 0 Å². The van der Waals surface area contributed by atoms with E-state index in [1.807, 2.05) is 13.8 Å². The lowest BCUT2D eigenvalue weighted by atomic mass is 9.94. The second-order valence-electron chi connectivity index (χ2n) is 5.68. The molecule has 0 fully saturated rings. The highest BCUT2D eigenvalue weighted by Crippen LogP contribution is 2.22. The van der Waals surface area contributed by atoms with Gasteiger partial charge in [-0.3, -0.25) is 0 Å². The highest BCUT2D eigenvalue weighted by atomic mass is 32.2. The third-order valence-corrected chi connectivity index (χ3v) is 5.80. The van der Waals surface area contributed by atoms with E-state index >= 15 is 0 Å². The molecule has 0 saturated heterocycles. The fourth-order valence-electron chi connectivity index (χ4n) is 1.96. The van der Waals surface area contributed by atoms with Crippen molar-refractivity contribution in [2.45, 2.75) is 44.9 Å². The van der Waals surface area contributed by atoms with Gasteiger partial charge in [-0.2, -0.15) is 0 Å². The minimum atomic E-state index is -3.17. The van der Waals surface area contributed by atoms with Gasteiger partial charge in [0.05, 0.1) is 4.75 Å². The standard InChI is InChI=1S/C14H23NO2S/c1-10-6-11(2)8-12(7-10)9-13(15)14(3,4)18(5,16)17/h6-8,13H,9,15H2,1-5H3. The Hall–Kier alpha value is -0.870. The summed E-state index contributed by atoms with van der Waals surface area (Å²) in [7, 11) is -3.17. The molecule has 2 N–H and O–H groups in total. The van der Waals surface area contributed by atoms with Crippen molar-refractivity contribution >= 4 is 9.84 Å². The molecule has 1 rings (SSSR count). The molecular formula is C14H23NO2S. The molecule has 0 aromatic heterocycles. The summed E-state index contributed by atoms with van der Waals surface area (Å²) in [6.07, 6.45) is 1.82. The van der Waals surface area contributed by atoms with Gasteiger partial charge in [-0.25, -0.2) is 8.42 Å². The molecule has 0 bridgehead atoms. The van der Waals surface area contributed by atoms with E-state index in [1.54, 1.807) is 13.8 Å². The molecule has 1 aromatic carbocycles. The molecule has 102 valence electrons. The topological polar surface area (TPSA) is 60.2 Å². The summed E-state index contributed by atoms with van der Waals surface area (Å²) in [4.78, 5) is 0. The zero-order valence-corrected chi connectivity index (χ0v) is 12.6. The predicted octanol–water partition coefficient (Wildman–Crippen LogP) is 2.00. The van der Waals surface area contributed by atoms with E-state index in [1.165, 1.54) is 17.4 Å². The van der Waals surface area contributed by atoms with Crippen molar-refractivity contribution in [3.63, 3.8) is 0 Å². The molecule has 0 aliphatic carbocycles. The third kappa shape index (κ3) is 3.33. The number of nitrogens with two attached hydrogens (primary N) is 1. The maximum Gasteiger partial charge on any atom is 0.154 e. The zero-order valence-electron chi connectivity index (χ0n) is 11.8. The summed E-state index contributed by atoms with van der Waals surface area (Å²) in [5.41, 5.74) is 9.54. The van der Waals surface area contributed by atoms with Crippen molar-refractivity contribution in [3.05, 3.63) is 34.9 Å². The smallest absolute Gasteiger partial charge is 0.154 e. The Morgan fingerprint density at radius 3 is 2.00 bits per heavy atom. The van der Waals surface area contributed by atoms with Crippen LogP contribution in [0.25, 0.3) is 0 Å². The molecule has 0 spiro atoms. The molecule has 0 aliphatic rings. The Bertz CT molecular complexity index is 512. The first-order valence-corrected chi connectivity index (χ1v) is 7.95. The summed E-state index contributed by atoms with van der Waals surface area (Å²) < 4.78 is 22.6. The van der Waals surface area contributed by atoms with Crippen molar-refractivity contribution in [2.75, 3.05) is 6.26 Å². The second kappa shape index (κ2) is 5.02. The summed E-state index contributed by atoms with van der Waals surface area (Å²) in [6.45, 7) is 7.44. The first-order chi connectivity index (χ1) is 8.04. The van der Waals surface area contributed by atoms with Crippen LogP contribution in [-0.2, 0) is 16.3 Å². The van der Waals surface area contributed by atoms with Crippen LogP contribution in [0.2, 0.25) is 0 Å². The SMILES string of the molecule is Cc1cc(C)cc(CC(N)C(C)(C)S(C)(=O)=O)c1. The first kappa shape index (κ1) is 15.2. The average molecular weight is 269 g/mol. The van der Waals surface area contributed by atoms with E-state index in [0.717, 1.165) is 5.56 Å². The van der Waals surface area contributed by atoms with Crippen molar-refractivity contribution in [3.8, 4) is 0 Å². The molecular weight excluding hydrogens is 246 g/mol. The maximum absolute atomic E-state index is 11.7. The van der Waals surface area contributed by atoms with E-state index in [2.05, 4.69) is 18.2 Å². The van der Waals surface area contributed by atoms with Crippen molar-refractivity contribution in [2.24, 2.45) is 5.73 Å². The first-order valence-electron chi connectivity index (χ1n) is 6.06. The maximum atomic E-state index is 11.7. The fraction of sp³-hybridized carbons (Fsp3) is 0.571. The normalized spacial score (nSPS) is 14.6. The van der Waals surface area contributed by atoms with Gasteiger partial charge in [0.1, 0.15) is 0 Å². The lowest BCUT2D eigenvalue weighted by molar-refractivity contribution is 0.482.